The molecule has 2 aliphatic carbocycles. The Morgan fingerprint density at radius 3 is 2.56 bits per heavy atom. The largest absolute Gasteiger partial charge is 0.324 e. The first-order valence-electron chi connectivity index (χ1n) is 7.20. The number of rotatable bonds is 4. The lowest BCUT2D eigenvalue weighted by molar-refractivity contribution is 0.317. The average Bonchev–Trinajstić information content (AvgIpc) is 3.09. The molecule has 2 heteroatoms. The zero-order chi connectivity index (χ0) is 12.8. The van der Waals surface area contributed by atoms with E-state index in [0.717, 1.165) is 18.9 Å². The monoisotopic (exact) mass is 244 g/mol. The van der Waals surface area contributed by atoms with Gasteiger partial charge < -0.3 is 11.1 Å². The third-order valence-corrected chi connectivity index (χ3v) is 5.08. The van der Waals surface area contributed by atoms with E-state index in [9.17, 15) is 0 Å². The second-order valence-electron chi connectivity index (χ2n) is 6.42. The lowest BCUT2D eigenvalue weighted by Crippen LogP contribution is -2.30. The number of nitrogens with one attached hydrogen (secondary N) is 1. The lowest BCUT2D eigenvalue weighted by atomic mass is 9.92. The molecular formula is C16H24N2. The van der Waals surface area contributed by atoms with Gasteiger partial charge in [0.15, 0.2) is 0 Å². The third-order valence-electron chi connectivity index (χ3n) is 5.08. The van der Waals surface area contributed by atoms with Crippen LogP contribution in [0.4, 0.5) is 0 Å². The van der Waals surface area contributed by atoms with E-state index in [4.69, 9.17) is 5.73 Å². The van der Waals surface area contributed by atoms with Crippen LogP contribution >= 0.6 is 0 Å². The summed E-state index contributed by atoms with van der Waals surface area (Å²) in [7, 11) is 0. The average molecular weight is 244 g/mol. The van der Waals surface area contributed by atoms with Crippen LogP contribution in [0.25, 0.3) is 0 Å². The fraction of sp³-hybridized carbons (Fsp3) is 0.625. The Morgan fingerprint density at radius 2 is 1.94 bits per heavy atom. The highest BCUT2D eigenvalue weighted by atomic mass is 15.0. The molecule has 0 aromatic heterocycles. The summed E-state index contributed by atoms with van der Waals surface area (Å²) < 4.78 is 0. The molecule has 98 valence electrons. The highest BCUT2D eigenvalue weighted by Crippen LogP contribution is 2.52. The number of hydrogen-bond donors (Lipinski definition) is 2. The number of benzene rings is 1. The molecule has 2 unspecified atom stereocenters. The summed E-state index contributed by atoms with van der Waals surface area (Å²) in [5.74, 6) is 0.787. The molecule has 2 nitrogen and oxygen atoms in total. The molecule has 3 N–H and O–H groups in total. The Kier molecular flexibility index (Phi) is 2.95. The smallest absolute Gasteiger partial charge is 0.0341 e. The molecular weight excluding hydrogens is 220 g/mol. The van der Waals surface area contributed by atoms with Gasteiger partial charge in [-0.25, -0.2) is 0 Å². The topological polar surface area (TPSA) is 38.0 Å². The minimum absolute atomic E-state index is 0.216. The van der Waals surface area contributed by atoms with Gasteiger partial charge >= 0.3 is 0 Å². The second-order valence-corrected chi connectivity index (χ2v) is 6.42. The highest BCUT2D eigenvalue weighted by Gasteiger charge is 2.45. The SMILES string of the molecule is CC(C)C1(CNC2CC(N)c3ccccc32)CC1. The predicted molar refractivity (Wildman–Crippen MR) is 75.2 cm³/mol. The van der Waals surface area contributed by atoms with E-state index in [1.807, 2.05) is 0 Å². The fourth-order valence-electron chi connectivity index (χ4n) is 3.31. The van der Waals surface area contributed by atoms with E-state index in [2.05, 4.69) is 43.4 Å². The molecule has 3 rings (SSSR count). The Hall–Kier alpha value is -0.860. The summed E-state index contributed by atoms with van der Waals surface area (Å²) in [6.45, 7) is 5.85. The quantitative estimate of drug-likeness (QED) is 0.854. The molecule has 1 saturated carbocycles. The van der Waals surface area contributed by atoms with Gasteiger partial charge in [0.25, 0.3) is 0 Å². The number of hydrogen-bond acceptors (Lipinski definition) is 2. The van der Waals surface area contributed by atoms with E-state index in [-0.39, 0.29) is 6.04 Å². The molecule has 0 aliphatic heterocycles. The molecule has 1 aromatic rings. The van der Waals surface area contributed by atoms with Gasteiger partial charge in [0.2, 0.25) is 0 Å². The van der Waals surface area contributed by atoms with Crippen molar-refractivity contribution >= 4 is 0 Å². The highest BCUT2D eigenvalue weighted by molar-refractivity contribution is 5.37. The Labute approximate surface area is 110 Å². The summed E-state index contributed by atoms with van der Waals surface area (Å²) in [5, 5.41) is 3.77. The second kappa shape index (κ2) is 4.36. The van der Waals surface area contributed by atoms with Crippen molar-refractivity contribution in [3.8, 4) is 0 Å². The molecule has 0 heterocycles. The zero-order valence-corrected chi connectivity index (χ0v) is 11.4. The molecule has 0 radical (unpaired) electrons. The van der Waals surface area contributed by atoms with E-state index in [1.165, 1.54) is 24.0 Å². The maximum absolute atomic E-state index is 6.21. The molecule has 0 bridgehead atoms. The molecule has 1 fully saturated rings. The van der Waals surface area contributed by atoms with Crippen LogP contribution in [-0.4, -0.2) is 6.54 Å². The molecule has 0 amide bonds. The normalized spacial score (nSPS) is 28.4. The van der Waals surface area contributed by atoms with Gasteiger partial charge in [0.05, 0.1) is 0 Å². The van der Waals surface area contributed by atoms with Crippen molar-refractivity contribution in [3.05, 3.63) is 35.4 Å². The Balaban J connectivity index is 1.69. The zero-order valence-electron chi connectivity index (χ0n) is 11.4. The predicted octanol–water partition coefficient (Wildman–Crippen LogP) is 3.16. The minimum Gasteiger partial charge on any atom is -0.324 e. The summed E-state index contributed by atoms with van der Waals surface area (Å²) >= 11 is 0. The van der Waals surface area contributed by atoms with E-state index >= 15 is 0 Å². The van der Waals surface area contributed by atoms with Crippen LogP contribution in [0.3, 0.4) is 0 Å². The van der Waals surface area contributed by atoms with Crippen LogP contribution < -0.4 is 11.1 Å². The number of fused-ring (bicyclic) bond motifs is 1. The first kappa shape index (κ1) is 12.2. The minimum atomic E-state index is 0.216. The van der Waals surface area contributed by atoms with E-state index in [0.29, 0.717) is 11.5 Å². The van der Waals surface area contributed by atoms with Crippen molar-refractivity contribution in [3.63, 3.8) is 0 Å². The third kappa shape index (κ3) is 1.98. The maximum atomic E-state index is 6.21. The van der Waals surface area contributed by atoms with Gasteiger partial charge in [-0.05, 0) is 41.7 Å². The van der Waals surface area contributed by atoms with Crippen molar-refractivity contribution < 1.29 is 0 Å². The van der Waals surface area contributed by atoms with Crippen molar-refractivity contribution in [1.29, 1.82) is 0 Å². The van der Waals surface area contributed by atoms with Crippen LogP contribution in [0.2, 0.25) is 0 Å². The van der Waals surface area contributed by atoms with Crippen LogP contribution in [0, 0.1) is 11.3 Å². The lowest BCUT2D eigenvalue weighted by Gasteiger charge is -2.23. The van der Waals surface area contributed by atoms with Gasteiger partial charge in [-0.2, -0.15) is 0 Å². The van der Waals surface area contributed by atoms with E-state index in [1.54, 1.807) is 0 Å². The van der Waals surface area contributed by atoms with Gasteiger partial charge in [-0.15, -0.1) is 0 Å². The number of nitrogens with two attached hydrogens (primary N) is 1. The molecule has 2 aliphatic rings. The molecule has 18 heavy (non-hydrogen) atoms. The summed E-state index contributed by atoms with van der Waals surface area (Å²) in [6, 6.07) is 9.31. The van der Waals surface area contributed by atoms with Gasteiger partial charge in [-0.3, -0.25) is 0 Å². The van der Waals surface area contributed by atoms with Crippen molar-refractivity contribution in [2.24, 2.45) is 17.1 Å². The van der Waals surface area contributed by atoms with Crippen molar-refractivity contribution in [2.45, 2.75) is 45.2 Å². The van der Waals surface area contributed by atoms with Crippen LogP contribution in [0.15, 0.2) is 24.3 Å². The van der Waals surface area contributed by atoms with Crippen molar-refractivity contribution in [1.82, 2.24) is 5.32 Å². The van der Waals surface area contributed by atoms with Gasteiger partial charge in [-0.1, -0.05) is 38.1 Å². The van der Waals surface area contributed by atoms with Crippen LogP contribution in [0.5, 0.6) is 0 Å². The Bertz CT molecular complexity index is 434. The first-order valence-corrected chi connectivity index (χ1v) is 7.20. The first-order chi connectivity index (χ1) is 8.62. The van der Waals surface area contributed by atoms with Gasteiger partial charge in [0, 0.05) is 18.6 Å². The van der Waals surface area contributed by atoms with E-state index < -0.39 is 0 Å². The maximum Gasteiger partial charge on any atom is 0.0341 e. The standard InChI is InChI=1S/C16H24N2/c1-11(2)16(7-8-16)10-18-15-9-14(17)12-5-3-4-6-13(12)15/h3-6,11,14-15,18H,7-10,17H2,1-2H3. The molecule has 0 saturated heterocycles. The van der Waals surface area contributed by atoms with Gasteiger partial charge in [0.1, 0.15) is 0 Å². The van der Waals surface area contributed by atoms with Crippen molar-refractivity contribution in [2.75, 3.05) is 6.54 Å². The fourth-order valence-corrected chi connectivity index (χ4v) is 3.31. The van der Waals surface area contributed by atoms with Crippen LogP contribution in [-0.2, 0) is 0 Å². The molecule has 2 atom stereocenters. The Morgan fingerprint density at radius 1 is 1.28 bits per heavy atom. The molecule has 0 spiro atoms. The summed E-state index contributed by atoms with van der Waals surface area (Å²) in [4.78, 5) is 0. The van der Waals surface area contributed by atoms with Crippen LogP contribution in [0.1, 0.15) is 56.3 Å². The summed E-state index contributed by atoms with van der Waals surface area (Å²) in [5.41, 5.74) is 9.54. The molecule has 1 aromatic carbocycles. The summed E-state index contributed by atoms with van der Waals surface area (Å²) in [6.07, 6.45) is 3.82.